The summed E-state index contributed by atoms with van der Waals surface area (Å²) in [4.78, 5) is 24.0. The maximum atomic E-state index is 11.9. The number of nitrogens with zero attached hydrogens (tertiary/aromatic N) is 1. The second-order valence-electron chi connectivity index (χ2n) is 4.14. The van der Waals surface area contributed by atoms with Crippen molar-refractivity contribution in [1.82, 2.24) is 9.62 Å². The third kappa shape index (κ3) is 3.67. The fourth-order valence-corrected chi connectivity index (χ4v) is 2.65. The second-order valence-corrected chi connectivity index (χ2v) is 5.92. The Labute approximate surface area is 99.8 Å². The number of carboxylic acids is 1. The topological polar surface area (TPSA) is 104 Å². The van der Waals surface area contributed by atoms with Crippen molar-refractivity contribution in [1.29, 1.82) is 0 Å². The molecule has 17 heavy (non-hydrogen) atoms. The summed E-state index contributed by atoms with van der Waals surface area (Å²) < 4.78 is 24.1. The lowest BCUT2D eigenvalue weighted by Crippen LogP contribution is -2.50. The molecule has 2 atom stereocenters. The minimum absolute atomic E-state index is 0.353. The molecule has 2 N–H and O–H groups in total. The van der Waals surface area contributed by atoms with E-state index >= 15 is 0 Å². The van der Waals surface area contributed by atoms with Gasteiger partial charge in [0.05, 0.1) is 12.3 Å². The summed E-state index contributed by atoms with van der Waals surface area (Å²) >= 11 is 0. The Morgan fingerprint density at radius 1 is 1.47 bits per heavy atom. The summed E-state index contributed by atoms with van der Waals surface area (Å²) in [5, 5.41) is 8.91. The van der Waals surface area contributed by atoms with Gasteiger partial charge in [-0.2, -0.15) is 0 Å². The number of rotatable bonds is 4. The van der Waals surface area contributed by atoms with E-state index in [0.29, 0.717) is 19.4 Å². The lowest BCUT2D eigenvalue weighted by molar-refractivity contribution is -0.148. The number of sulfonamides is 1. The zero-order valence-corrected chi connectivity index (χ0v) is 10.5. The molecule has 0 spiro atoms. The molecule has 98 valence electrons. The highest BCUT2D eigenvalue weighted by Crippen LogP contribution is 2.18. The standard InChI is InChI=1S/C9H16N2O5S/c1-6(10-17(2,15)16)8(12)11-5-3-4-7(11)9(13)14/h6-7,10H,3-5H2,1-2H3,(H,13,14)/t6-,7+/m0/s1. The monoisotopic (exact) mass is 264 g/mol. The van der Waals surface area contributed by atoms with E-state index in [9.17, 15) is 18.0 Å². The SMILES string of the molecule is C[C@H](NS(C)(=O)=O)C(=O)N1CCC[C@@H]1C(=O)O. The van der Waals surface area contributed by atoms with Gasteiger partial charge in [0.15, 0.2) is 0 Å². The molecule has 0 aromatic heterocycles. The molecule has 0 aliphatic carbocycles. The molecule has 0 aromatic carbocycles. The summed E-state index contributed by atoms with van der Waals surface area (Å²) in [6.07, 6.45) is 1.98. The molecule has 8 heteroatoms. The highest BCUT2D eigenvalue weighted by atomic mass is 32.2. The van der Waals surface area contributed by atoms with Gasteiger partial charge in [0.25, 0.3) is 0 Å². The van der Waals surface area contributed by atoms with Crippen molar-refractivity contribution in [2.45, 2.75) is 31.8 Å². The van der Waals surface area contributed by atoms with Crippen LogP contribution in [0.2, 0.25) is 0 Å². The van der Waals surface area contributed by atoms with E-state index in [2.05, 4.69) is 4.72 Å². The van der Waals surface area contributed by atoms with Crippen LogP contribution in [0.1, 0.15) is 19.8 Å². The molecule has 1 heterocycles. The van der Waals surface area contributed by atoms with E-state index in [0.717, 1.165) is 6.26 Å². The van der Waals surface area contributed by atoms with Gasteiger partial charge in [0, 0.05) is 6.54 Å². The van der Waals surface area contributed by atoms with Crippen molar-refractivity contribution in [3.63, 3.8) is 0 Å². The van der Waals surface area contributed by atoms with Crippen molar-refractivity contribution >= 4 is 21.9 Å². The van der Waals surface area contributed by atoms with Crippen molar-refractivity contribution in [2.75, 3.05) is 12.8 Å². The number of hydrogen-bond donors (Lipinski definition) is 2. The maximum absolute atomic E-state index is 11.9. The summed E-state index contributed by atoms with van der Waals surface area (Å²) in [5.41, 5.74) is 0. The van der Waals surface area contributed by atoms with E-state index in [1.54, 1.807) is 0 Å². The fraction of sp³-hybridized carbons (Fsp3) is 0.778. The molecule has 1 aliphatic heterocycles. The van der Waals surface area contributed by atoms with Gasteiger partial charge in [0.1, 0.15) is 6.04 Å². The third-order valence-corrected chi connectivity index (χ3v) is 3.36. The van der Waals surface area contributed by atoms with E-state index in [4.69, 9.17) is 5.11 Å². The number of aliphatic carboxylic acids is 1. The molecule has 1 aliphatic rings. The zero-order valence-electron chi connectivity index (χ0n) is 9.71. The van der Waals surface area contributed by atoms with Crippen LogP contribution in [0.25, 0.3) is 0 Å². The highest BCUT2D eigenvalue weighted by molar-refractivity contribution is 7.88. The van der Waals surface area contributed by atoms with Crippen LogP contribution in [-0.2, 0) is 19.6 Å². The van der Waals surface area contributed by atoms with E-state index < -0.39 is 34.0 Å². The predicted molar refractivity (Wildman–Crippen MR) is 59.8 cm³/mol. The van der Waals surface area contributed by atoms with Crippen LogP contribution >= 0.6 is 0 Å². The van der Waals surface area contributed by atoms with Crippen LogP contribution in [0, 0.1) is 0 Å². The van der Waals surface area contributed by atoms with Crippen molar-refractivity contribution in [3.05, 3.63) is 0 Å². The molecule has 1 amide bonds. The maximum Gasteiger partial charge on any atom is 0.326 e. The van der Waals surface area contributed by atoms with Crippen molar-refractivity contribution < 1.29 is 23.1 Å². The van der Waals surface area contributed by atoms with Gasteiger partial charge >= 0.3 is 5.97 Å². The lowest BCUT2D eigenvalue weighted by atomic mass is 10.2. The average Bonchev–Trinajstić information content (AvgIpc) is 2.61. The Bertz CT molecular complexity index is 419. The third-order valence-electron chi connectivity index (χ3n) is 2.58. The lowest BCUT2D eigenvalue weighted by Gasteiger charge is -2.24. The first-order valence-corrected chi connectivity index (χ1v) is 7.12. The van der Waals surface area contributed by atoms with Crippen molar-refractivity contribution in [3.8, 4) is 0 Å². The zero-order chi connectivity index (χ0) is 13.2. The van der Waals surface area contributed by atoms with Gasteiger partial charge in [-0.3, -0.25) is 4.79 Å². The number of amides is 1. The number of hydrogen-bond acceptors (Lipinski definition) is 4. The Hall–Kier alpha value is -1.15. The van der Waals surface area contributed by atoms with E-state index in [1.165, 1.54) is 11.8 Å². The Balaban J connectivity index is 2.72. The first kappa shape index (κ1) is 13.9. The number of carbonyl (C=O) groups is 2. The highest BCUT2D eigenvalue weighted by Gasteiger charge is 2.36. The van der Waals surface area contributed by atoms with Gasteiger partial charge in [-0.25, -0.2) is 17.9 Å². The van der Waals surface area contributed by atoms with Gasteiger partial charge in [-0.05, 0) is 19.8 Å². The largest absolute Gasteiger partial charge is 0.480 e. The van der Waals surface area contributed by atoms with Crippen LogP contribution in [-0.4, -0.2) is 55.2 Å². The molecule has 1 saturated heterocycles. The van der Waals surface area contributed by atoms with Crippen LogP contribution in [0.3, 0.4) is 0 Å². The minimum Gasteiger partial charge on any atom is -0.480 e. The predicted octanol–water partition coefficient (Wildman–Crippen LogP) is -1.00. The molecule has 1 rings (SSSR count). The summed E-state index contributed by atoms with van der Waals surface area (Å²) in [7, 11) is -3.48. The number of nitrogens with one attached hydrogen (secondary N) is 1. The molecule has 0 aromatic rings. The number of carboxylic acid groups (broad SMARTS) is 1. The minimum atomic E-state index is -3.48. The molecule has 0 saturated carbocycles. The first-order chi connectivity index (χ1) is 7.72. The molecular formula is C9H16N2O5S. The molecular weight excluding hydrogens is 248 g/mol. The van der Waals surface area contributed by atoms with Crippen LogP contribution in [0.4, 0.5) is 0 Å². The average molecular weight is 264 g/mol. The Morgan fingerprint density at radius 2 is 2.06 bits per heavy atom. The van der Waals surface area contributed by atoms with Gasteiger partial charge < -0.3 is 10.0 Å². The molecule has 1 fully saturated rings. The van der Waals surface area contributed by atoms with Crippen LogP contribution in [0.5, 0.6) is 0 Å². The normalized spacial score (nSPS) is 22.5. The van der Waals surface area contributed by atoms with Crippen molar-refractivity contribution in [2.24, 2.45) is 0 Å². The summed E-state index contributed by atoms with van der Waals surface area (Å²) in [5.74, 6) is -1.55. The Kier molecular flexibility index (Phi) is 4.10. The molecule has 0 bridgehead atoms. The van der Waals surface area contributed by atoms with Crippen LogP contribution < -0.4 is 4.72 Å². The molecule has 0 radical (unpaired) electrons. The van der Waals surface area contributed by atoms with Gasteiger partial charge in [-0.1, -0.05) is 0 Å². The summed E-state index contributed by atoms with van der Waals surface area (Å²) in [6.45, 7) is 1.76. The quantitative estimate of drug-likeness (QED) is 0.677. The number of likely N-dealkylation sites (tertiary alicyclic amines) is 1. The van der Waals surface area contributed by atoms with E-state index in [1.807, 2.05) is 0 Å². The molecule has 0 unspecified atom stereocenters. The first-order valence-electron chi connectivity index (χ1n) is 5.23. The van der Waals surface area contributed by atoms with Gasteiger partial charge in [-0.15, -0.1) is 0 Å². The Morgan fingerprint density at radius 3 is 2.53 bits per heavy atom. The van der Waals surface area contributed by atoms with E-state index in [-0.39, 0.29) is 0 Å². The fourth-order valence-electron chi connectivity index (χ4n) is 1.91. The van der Waals surface area contributed by atoms with Crippen LogP contribution in [0.15, 0.2) is 0 Å². The number of carbonyl (C=O) groups excluding carboxylic acids is 1. The smallest absolute Gasteiger partial charge is 0.326 e. The summed E-state index contributed by atoms with van der Waals surface area (Å²) in [6, 6.07) is -1.78. The molecule has 7 nitrogen and oxygen atoms in total. The second kappa shape index (κ2) is 5.01. The van der Waals surface area contributed by atoms with Gasteiger partial charge in [0.2, 0.25) is 15.9 Å².